The second-order valence-corrected chi connectivity index (χ2v) is 2.39. The minimum atomic E-state index is -0.324. The number of alkyl halides is 1. The molecule has 2 nitrogen and oxygen atoms in total. The Bertz CT molecular complexity index is 61.8. The van der Waals surface area contributed by atoms with Gasteiger partial charge >= 0.3 is 0 Å². The van der Waals surface area contributed by atoms with Gasteiger partial charge in [-0.3, -0.25) is 4.79 Å². The van der Waals surface area contributed by atoms with E-state index in [1.165, 1.54) is 0 Å². The molecule has 2 N–H and O–H groups in total. The Morgan fingerprint density at radius 2 is 2.17 bits per heavy atom. The van der Waals surface area contributed by atoms with Crippen molar-refractivity contribution in [2.24, 2.45) is 5.73 Å². The van der Waals surface area contributed by atoms with Gasteiger partial charge in [-0.25, -0.2) is 0 Å². The SMILES string of the molecule is C[C@H](Br)C(N)=O. The zero-order valence-corrected chi connectivity index (χ0v) is 5.03. The normalized spacial score (nSPS) is 13.7. The summed E-state index contributed by atoms with van der Waals surface area (Å²) in [5.41, 5.74) is 4.75. The van der Waals surface area contributed by atoms with Crippen molar-refractivity contribution >= 4 is 21.8 Å². The molecule has 0 rings (SSSR count). The largest absolute Gasteiger partial charge is 0.369 e. The van der Waals surface area contributed by atoms with Crippen molar-refractivity contribution in [3.8, 4) is 0 Å². The van der Waals surface area contributed by atoms with E-state index in [0.717, 1.165) is 0 Å². The molecule has 0 aromatic carbocycles. The van der Waals surface area contributed by atoms with Crippen LogP contribution in [0.25, 0.3) is 0 Å². The van der Waals surface area contributed by atoms with Gasteiger partial charge in [0.1, 0.15) is 0 Å². The summed E-state index contributed by atoms with van der Waals surface area (Å²) >= 11 is 2.96. The van der Waals surface area contributed by atoms with Crippen LogP contribution < -0.4 is 5.73 Å². The summed E-state index contributed by atoms with van der Waals surface area (Å²) in [7, 11) is 0. The maximum absolute atomic E-state index is 9.87. The first-order valence-corrected chi connectivity index (χ1v) is 2.49. The average Bonchev–Trinajstić information content (AvgIpc) is 1.36. The van der Waals surface area contributed by atoms with Gasteiger partial charge in [-0.05, 0) is 6.92 Å². The maximum atomic E-state index is 9.87. The number of primary amides is 1. The van der Waals surface area contributed by atoms with Gasteiger partial charge in [0.25, 0.3) is 0 Å². The molecular weight excluding hydrogens is 146 g/mol. The summed E-state index contributed by atoms with van der Waals surface area (Å²) in [5.74, 6) is -0.324. The maximum Gasteiger partial charge on any atom is 0.230 e. The molecule has 0 heterocycles. The van der Waals surface area contributed by atoms with Gasteiger partial charge in [0.15, 0.2) is 0 Å². The monoisotopic (exact) mass is 151 g/mol. The number of amides is 1. The van der Waals surface area contributed by atoms with Crippen molar-refractivity contribution < 1.29 is 4.79 Å². The molecule has 0 saturated heterocycles. The lowest BCUT2D eigenvalue weighted by Gasteiger charge is -1.88. The van der Waals surface area contributed by atoms with Crippen LogP contribution in [-0.2, 0) is 4.79 Å². The summed E-state index contributed by atoms with van der Waals surface area (Å²) in [6.45, 7) is 1.68. The molecule has 6 heavy (non-hydrogen) atoms. The Kier molecular flexibility index (Phi) is 2.16. The van der Waals surface area contributed by atoms with Crippen LogP contribution in [-0.4, -0.2) is 10.7 Å². The minimum Gasteiger partial charge on any atom is -0.369 e. The molecule has 0 aromatic rings. The number of carbonyl (C=O) groups excluding carboxylic acids is 1. The molecule has 0 aliphatic rings. The van der Waals surface area contributed by atoms with Crippen LogP contribution >= 0.6 is 15.9 Å². The average molecular weight is 152 g/mol. The van der Waals surface area contributed by atoms with Gasteiger partial charge in [0.2, 0.25) is 5.91 Å². The number of halogens is 1. The van der Waals surface area contributed by atoms with Crippen molar-refractivity contribution in [3.63, 3.8) is 0 Å². The van der Waals surface area contributed by atoms with Crippen LogP contribution in [0, 0.1) is 0 Å². The van der Waals surface area contributed by atoms with Crippen LogP contribution in [0.1, 0.15) is 6.92 Å². The first-order valence-electron chi connectivity index (χ1n) is 1.58. The van der Waals surface area contributed by atoms with Gasteiger partial charge in [-0.1, -0.05) is 15.9 Å². The fourth-order valence-corrected chi connectivity index (χ4v) is 0. The molecule has 36 valence electrons. The third-order valence-corrected chi connectivity index (χ3v) is 0.843. The predicted molar refractivity (Wildman–Crippen MR) is 27.6 cm³/mol. The summed E-state index contributed by atoms with van der Waals surface area (Å²) < 4.78 is 0. The zero-order chi connectivity index (χ0) is 5.15. The van der Waals surface area contributed by atoms with Crippen molar-refractivity contribution in [2.45, 2.75) is 11.8 Å². The Morgan fingerprint density at radius 3 is 2.17 bits per heavy atom. The lowest BCUT2D eigenvalue weighted by atomic mass is 10.5. The second-order valence-electron chi connectivity index (χ2n) is 1.02. The molecule has 0 spiro atoms. The number of nitrogens with two attached hydrogens (primary N) is 1. The zero-order valence-electron chi connectivity index (χ0n) is 3.44. The lowest BCUT2D eigenvalue weighted by molar-refractivity contribution is -0.117. The molecule has 1 amide bonds. The highest BCUT2D eigenvalue weighted by molar-refractivity contribution is 9.10. The number of rotatable bonds is 1. The van der Waals surface area contributed by atoms with Gasteiger partial charge < -0.3 is 5.73 Å². The van der Waals surface area contributed by atoms with Crippen molar-refractivity contribution in [1.29, 1.82) is 0 Å². The van der Waals surface area contributed by atoms with E-state index in [1.54, 1.807) is 6.92 Å². The van der Waals surface area contributed by atoms with Crippen molar-refractivity contribution in [3.05, 3.63) is 0 Å². The van der Waals surface area contributed by atoms with E-state index in [0.29, 0.717) is 0 Å². The van der Waals surface area contributed by atoms with E-state index in [4.69, 9.17) is 5.73 Å². The van der Waals surface area contributed by atoms with E-state index < -0.39 is 0 Å². The molecule has 0 aromatic heterocycles. The first kappa shape index (κ1) is 5.95. The molecule has 0 unspecified atom stereocenters. The van der Waals surface area contributed by atoms with Crippen LogP contribution in [0.2, 0.25) is 0 Å². The molecule has 1 atom stereocenters. The summed E-state index contributed by atoms with van der Waals surface area (Å²) in [4.78, 5) is 9.68. The van der Waals surface area contributed by atoms with Crippen LogP contribution in [0.5, 0.6) is 0 Å². The topological polar surface area (TPSA) is 43.1 Å². The molecule has 0 fully saturated rings. The fourth-order valence-electron chi connectivity index (χ4n) is 0. The predicted octanol–water partition coefficient (Wildman–Crippen LogP) is 0.255. The summed E-state index contributed by atoms with van der Waals surface area (Å²) in [6, 6.07) is 0. The van der Waals surface area contributed by atoms with Crippen molar-refractivity contribution in [1.82, 2.24) is 0 Å². The van der Waals surface area contributed by atoms with E-state index in [9.17, 15) is 4.79 Å². The Labute approximate surface area is 44.8 Å². The standard InChI is InChI=1S/C3H6BrNO/c1-2(4)3(5)6/h2H,1H3,(H2,5,6)/t2-/m0/s1. The van der Waals surface area contributed by atoms with Crippen LogP contribution in [0.15, 0.2) is 0 Å². The lowest BCUT2D eigenvalue weighted by Crippen LogP contribution is -2.19. The first-order chi connectivity index (χ1) is 2.64. The molecule has 0 bridgehead atoms. The number of carbonyl (C=O) groups is 1. The smallest absolute Gasteiger partial charge is 0.230 e. The van der Waals surface area contributed by atoms with E-state index in [1.807, 2.05) is 0 Å². The highest BCUT2D eigenvalue weighted by Gasteiger charge is 1.98. The van der Waals surface area contributed by atoms with Crippen LogP contribution in [0.4, 0.5) is 0 Å². The highest BCUT2D eigenvalue weighted by Crippen LogP contribution is 1.92. The highest BCUT2D eigenvalue weighted by atomic mass is 79.9. The van der Waals surface area contributed by atoms with Crippen molar-refractivity contribution in [2.75, 3.05) is 0 Å². The minimum absolute atomic E-state index is 0.197. The van der Waals surface area contributed by atoms with Crippen LogP contribution in [0.3, 0.4) is 0 Å². The molecule has 0 aliphatic heterocycles. The fraction of sp³-hybridized carbons (Fsp3) is 0.667. The Hall–Kier alpha value is -0.0500. The number of hydrogen-bond donors (Lipinski definition) is 1. The summed E-state index contributed by atoms with van der Waals surface area (Å²) in [5, 5.41) is 0. The van der Waals surface area contributed by atoms with E-state index in [2.05, 4.69) is 15.9 Å². The quantitative estimate of drug-likeness (QED) is 0.538. The third-order valence-electron chi connectivity index (χ3n) is 0.392. The molecule has 3 heteroatoms. The van der Waals surface area contributed by atoms with Gasteiger partial charge in [-0.15, -0.1) is 0 Å². The Balaban J connectivity index is 3.26. The van der Waals surface area contributed by atoms with E-state index in [-0.39, 0.29) is 10.7 Å². The molecular formula is C3H6BrNO. The van der Waals surface area contributed by atoms with Gasteiger partial charge in [-0.2, -0.15) is 0 Å². The van der Waals surface area contributed by atoms with Gasteiger partial charge in [0.05, 0.1) is 4.83 Å². The van der Waals surface area contributed by atoms with E-state index >= 15 is 0 Å². The number of hydrogen-bond acceptors (Lipinski definition) is 1. The van der Waals surface area contributed by atoms with Gasteiger partial charge in [0, 0.05) is 0 Å². The summed E-state index contributed by atoms with van der Waals surface area (Å²) in [6.07, 6.45) is 0. The third kappa shape index (κ3) is 2.20. The second kappa shape index (κ2) is 2.18. The Morgan fingerprint density at radius 1 is 2.00 bits per heavy atom. The molecule has 0 saturated carbocycles. The molecule has 0 radical (unpaired) electrons. The molecule has 0 aliphatic carbocycles.